The van der Waals surface area contributed by atoms with E-state index in [2.05, 4.69) is 9.71 Å². The van der Waals surface area contributed by atoms with Crippen LogP contribution in [0, 0.1) is 5.92 Å². The lowest BCUT2D eigenvalue weighted by Gasteiger charge is -2.33. The second-order valence-electron chi connectivity index (χ2n) is 8.44. The molecule has 34 heavy (non-hydrogen) atoms. The fourth-order valence-corrected chi connectivity index (χ4v) is 5.67. The van der Waals surface area contributed by atoms with Gasteiger partial charge in [-0.25, -0.2) is 0 Å². The summed E-state index contributed by atoms with van der Waals surface area (Å²) in [6, 6.07) is 22.7. The van der Waals surface area contributed by atoms with Gasteiger partial charge in [0.15, 0.2) is 11.6 Å². The van der Waals surface area contributed by atoms with Gasteiger partial charge in [-0.3, -0.25) is 9.59 Å². The predicted octanol–water partition coefficient (Wildman–Crippen LogP) is 3.72. The van der Waals surface area contributed by atoms with Crippen LogP contribution >= 0.6 is 0 Å². The van der Waals surface area contributed by atoms with Crippen LogP contribution < -0.4 is 5.32 Å². The number of nitrogens with one attached hydrogen (secondary N) is 1. The number of hydrogen-bond donors (Lipinski definition) is 1. The smallest absolute Gasteiger partial charge is 0.285 e. The molecule has 0 aromatic heterocycles. The molecule has 0 saturated carbocycles. The van der Waals surface area contributed by atoms with E-state index in [9.17, 15) is 18.0 Å². The van der Waals surface area contributed by atoms with Crippen LogP contribution in [0.25, 0.3) is 0 Å². The molecule has 1 unspecified atom stereocenters. The van der Waals surface area contributed by atoms with Crippen molar-refractivity contribution in [1.29, 1.82) is 0 Å². The number of carbonyl (C=O) groups excluding carboxylic acids is 2. The van der Waals surface area contributed by atoms with E-state index in [1.54, 1.807) is 60.7 Å². The van der Waals surface area contributed by atoms with Crippen LogP contribution in [0.3, 0.4) is 0 Å². The first-order chi connectivity index (χ1) is 16.4. The Morgan fingerprint density at radius 3 is 2.47 bits per heavy atom. The minimum Gasteiger partial charge on any atom is -0.355 e. The van der Waals surface area contributed by atoms with E-state index >= 15 is 0 Å². The van der Waals surface area contributed by atoms with E-state index in [0.29, 0.717) is 47.7 Å². The molecule has 2 aliphatic heterocycles. The van der Waals surface area contributed by atoms with Gasteiger partial charge in [0.25, 0.3) is 10.0 Å². The SMILES string of the molecule is O=C(c1ccccc1)c1cccc(NC(=O)C2CCCN(C3=NS(=O)(=O)c4ccccc43)C2)c1. The molecule has 3 aromatic carbocycles. The van der Waals surface area contributed by atoms with Gasteiger partial charge in [0.05, 0.1) is 5.92 Å². The predicted molar refractivity (Wildman–Crippen MR) is 129 cm³/mol. The molecule has 2 heterocycles. The number of benzene rings is 3. The number of amides is 1. The zero-order valence-electron chi connectivity index (χ0n) is 18.3. The molecule has 172 valence electrons. The first kappa shape index (κ1) is 22.0. The molecule has 7 nitrogen and oxygen atoms in total. The first-order valence-electron chi connectivity index (χ1n) is 11.1. The summed E-state index contributed by atoms with van der Waals surface area (Å²) >= 11 is 0. The zero-order chi connectivity index (χ0) is 23.7. The average Bonchev–Trinajstić information content (AvgIpc) is 3.15. The molecule has 1 N–H and O–H groups in total. The number of carbonyl (C=O) groups is 2. The van der Waals surface area contributed by atoms with Crippen molar-refractivity contribution in [3.63, 3.8) is 0 Å². The molecule has 2 aliphatic rings. The summed E-state index contributed by atoms with van der Waals surface area (Å²) in [5, 5.41) is 2.93. The van der Waals surface area contributed by atoms with Gasteiger partial charge in [-0.05, 0) is 37.1 Å². The monoisotopic (exact) mass is 473 g/mol. The average molecular weight is 474 g/mol. The minimum atomic E-state index is -3.71. The fraction of sp³-hybridized carbons (Fsp3) is 0.192. The third-order valence-corrected chi connectivity index (χ3v) is 7.46. The molecule has 0 radical (unpaired) electrons. The third-order valence-electron chi connectivity index (χ3n) is 6.13. The highest BCUT2D eigenvalue weighted by atomic mass is 32.2. The molecular formula is C26H23N3O4S. The first-order valence-corrected chi connectivity index (χ1v) is 12.6. The van der Waals surface area contributed by atoms with Gasteiger partial charge < -0.3 is 10.2 Å². The fourth-order valence-electron chi connectivity index (χ4n) is 4.44. The largest absolute Gasteiger partial charge is 0.355 e. The number of piperidine rings is 1. The summed E-state index contributed by atoms with van der Waals surface area (Å²) in [7, 11) is -3.71. The molecule has 8 heteroatoms. The second-order valence-corrected chi connectivity index (χ2v) is 10.0. The number of likely N-dealkylation sites (tertiary alicyclic amines) is 1. The number of rotatable bonds is 4. The van der Waals surface area contributed by atoms with Crippen LogP contribution in [0.2, 0.25) is 0 Å². The number of hydrogen-bond acceptors (Lipinski definition) is 5. The Bertz CT molecular complexity index is 1400. The summed E-state index contributed by atoms with van der Waals surface area (Å²) in [5.41, 5.74) is 2.21. The van der Waals surface area contributed by atoms with Crippen molar-refractivity contribution in [2.24, 2.45) is 10.3 Å². The van der Waals surface area contributed by atoms with E-state index in [1.165, 1.54) is 0 Å². The minimum absolute atomic E-state index is 0.111. The van der Waals surface area contributed by atoms with Gasteiger partial charge in [0.2, 0.25) is 5.91 Å². The summed E-state index contributed by atoms with van der Waals surface area (Å²) < 4.78 is 28.9. The Hall–Kier alpha value is -3.78. The topological polar surface area (TPSA) is 95.9 Å². The molecule has 1 amide bonds. The van der Waals surface area contributed by atoms with E-state index in [0.717, 1.165) is 6.42 Å². The zero-order valence-corrected chi connectivity index (χ0v) is 19.2. The number of fused-ring (bicyclic) bond motifs is 1. The lowest BCUT2D eigenvalue weighted by molar-refractivity contribution is -0.121. The summed E-state index contributed by atoms with van der Waals surface area (Å²) in [5.74, 6) is -0.202. The molecule has 0 spiro atoms. The number of amidine groups is 1. The number of nitrogens with zero attached hydrogens (tertiary/aromatic N) is 2. The summed E-state index contributed by atoms with van der Waals surface area (Å²) in [4.78, 5) is 27.9. The standard InChI is InChI=1S/C26H23N3O4S/c30-24(18-8-2-1-3-9-18)19-10-6-12-21(16-19)27-26(31)20-11-7-15-29(17-20)25-22-13-4-5-14-23(22)34(32,33)28-25/h1-6,8-10,12-14,16,20H,7,11,15,17H2,(H,27,31). The van der Waals surface area contributed by atoms with E-state index < -0.39 is 10.0 Å². The maximum absolute atomic E-state index is 13.1. The van der Waals surface area contributed by atoms with Gasteiger partial charge in [0.1, 0.15) is 4.90 Å². The maximum Gasteiger partial charge on any atom is 0.285 e. The van der Waals surface area contributed by atoms with Crippen molar-refractivity contribution in [2.75, 3.05) is 18.4 Å². The van der Waals surface area contributed by atoms with Crippen LogP contribution in [0.5, 0.6) is 0 Å². The number of ketones is 1. The maximum atomic E-state index is 13.1. The second kappa shape index (κ2) is 8.87. The van der Waals surface area contributed by atoms with Crippen LogP contribution in [0.1, 0.15) is 34.3 Å². The molecule has 3 aromatic rings. The highest BCUT2D eigenvalue weighted by molar-refractivity contribution is 7.90. The van der Waals surface area contributed by atoms with Crippen molar-refractivity contribution in [2.45, 2.75) is 17.7 Å². The van der Waals surface area contributed by atoms with Gasteiger partial charge in [-0.2, -0.15) is 8.42 Å². The molecule has 1 fully saturated rings. The Morgan fingerprint density at radius 2 is 1.65 bits per heavy atom. The van der Waals surface area contributed by atoms with Crippen LogP contribution in [0.4, 0.5) is 5.69 Å². The Kier molecular flexibility index (Phi) is 5.75. The van der Waals surface area contributed by atoms with Crippen molar-refractivity contribution in [3.8, 4) is 0 Å². The molecular weight excluding hydrogens is 450 g/mol. The van der Waals surface area contributed by atoms with E-state index in [4.69, 9.17) is 0 Å². The third kappa shape index (κ3) is 4.24. The normalized spacial score (nSPS) is 18.6. The van der Waals surface area contributed by atoms with Crippen LogP contribution in [-0.2, 0) is 14.8 Å². The van der Waals surface area contributed by atoms with Crippen LogP contribution in [0.15, 0.2) is 88.2 Å². The highest BCUT2D eigenvalue weighted by Gasteiger charge is 2.35. The summed E-state index contributed by atoms with van der Waals surface area (Å²) in [6.45, 7) is 1.00. The van der Waals surface area contributed by atoms with Crippen molar-refractivity contribution >= 4 is 33.2 Å². The highest BCUT2D eigenvalue weighted by Crippen LogP contribution is 2.30. The number of anilines is 1. The Balaban J connectivity index is 1.31. The molecule has 5 rings (SSSR count). The van der Waals surface area contributed by atoms with Crippen molar-refractivity contribution < 1.29 is 18.0 Å². The lowest BCUT2D eigenvalue weighted by atomic mass is 9.96. The van der Waals surface area contributed by atoms with Gasteiger partial charge in [-0.15, -0.1) is 4.40 Å². The van der Waals surface area contributed by atoms with Gasteiger partial charge >= 0.3 is 0 Å². The van der Waals surface area contributed by atoms with Gasteiger partial charge in [0, 0.05) is 35.5 Å². The van der Waals surface area contributed by atoms with E-state index in [1.807, 2.05) is 23.1 Å². The molecule has 0 bridgehead atoms. The van der Waals surface area contributed by atoms with Crippen molar-refractivity contribution in [3.05, 3.63) is 95.6 Å². The van der Waals surface area contributed by atoms with Crippen LogP contribution in [-0.4, -0.2) is 43.9 Å². The van der Waals surface area contributed by atoms with E-state index in [-0.39, 0.29) is 22.5 Å². The summed E-state index contributed by atoms with van der Waals surface area (Å²) in [6.07, 6.45) is 1.43. The Labute approximate surface area is 198 Å². The quantitative estimate of drug-likeness (QED) is 0.583. The van der Waals surface area contributed by atoms with Gasteiger partial charge in [-0.1, -0.05) is 54.6 Å². The Morgan fingerprint density at radius 1 is 0.912 bits per heavy atom. The molecule has 1 saturated heterocycles. The number of sulfonamides is 1. The molecule has 0 aliphatic carbocycles. The molecule has 1 atom stereocenters. The van der Waals surface area contributed by atoms with Crippen molar-refractivity contribution in [1.82, 2.24) is 4.90 Å². The lowest BCUT2D eigenvalue weighted by Crippen LogP contribution is -2.43.